The topological polar surface area (TPSA) is 86.1 Å². The van der Waals surface area contributed by atoms with Gasteiger partial charge in [0.2, 0.25) is 5.91 Å². The predicted octanol–water partition coefficient (Wildman–Crippen LogP) is 4.80. The van der Waals surface area contributed by atoms with Gasteiger partial charge in [0, 0.05) is 17.0 Å². The molecule has 164 valence electrons. The number of carbonyl (C=O) groups excluding carboxylic acids is 2. The molecule has 1 aromatic carbocycles. The van der Waals surface area contributed by atoms with E-state index in [-0.39, 0.29) is 18.3 Å². The van der Waals surface area contributed by atoms with Crippen molar-refractivity contribution >= 4 is 40.0 Å². The maximum absolute atomic E-state index is 12.7. The Bertz CT molecular complexity index is 1060. The Balaban J connectivity index is 1.73. The molecule has 2 aromatic heterocycles. The Morgan fingerprint density at radius 3 is 2.55 bits per heavy atom. The minimum absolute atomic E-state index is 0.160. The predicted molar refractivity (Wildman–Crippen MR) is 125 cm³/mol. The molecule has 0 unspecified atom stereocenters. The van der Waals surface area contributed by atoms with Crippen LogP contribution in [0, 0.1) is 6.92 Å². The summed E-state index contributed by atoms with van der Waals surface area (Å²) < 4.78 is 7.19. The molecular formula is C22H26N4O3S2. The summed E-state index contributed by atoms with van der Waals surface area (Å²) in [5, 5.41) is 12.7. The number of hydrogen-bond acceptors (Lipinski definition) is 7. The molecule has 0 fully saturated rings. The summed E-state index contributed by atoms with van der Waals surface area (Å²) >= 11 is 2.73. The summed E-state index contributed by atoms with van der Waals surface area (Å²) in [5.74, 6) is 0.335. The number of benzene rings is 1. The largest absolute Gasteiger partial charge is 0.462 e. The van der Waals surface area contributed by atoms with Crippen molar-refractivity contribution in [1.29, 1.82) is 0 Å². The molecule has 1 N–H and O–H groups in total. The SMILES string of the molecule is CCOC(=O)c1c(NC(=O)CSc2nnc(-c3ccccc3)n2CC)sc(C)c1CC. The number of rotatable bonds is 9. The van der Waals surface area contributed by atoms with Gasteiger partial charge in [-0.2, -0.15) is 0 Å². The molecule has 31 heavy (non-hydrogen) atoms. The lowest BCUT2D eigenvalue weighted by atomic mass is 10.1. The zero-order valence-electron chi connectivity index (χ0n) is 18.1. The molecule has 0 aliphatic rings. The van der Waals surface area contributed by atoms with Crippen molar-refractivity contribution in [3.8, 4) is 11.4 Å². The number of esters is 1. The van der Waals surface area contributed by atoms with Gasteiger partial charge in [0.15, 0.2) is 11.0 Å². The van der Waals surface area contributed by atoms with Crippen LogP contribution in [0.2, 0.25) is 0 Å². The number of carbonyl (C=O) groups is 2. The van der Waals surface area contributed by atoms with Crippen LogP contribution in [0.5, 0.6) is 0 Å². The van der Waals surface area contributed by atoms with Crippen molar-refractivity contribution in [2.24, 2.45) is 0 Å². The van der Waals surface area contributed by atoms with Gasteiger partial charge in [0.25, 0.3) is 0 Å². The van der Waals surface area contributed by atoms with Gasteiger partial charge in [-0.15, -0.1) is 21.5 Å². The zero-order valence-corrected chi connectivity index (χ0v) is 19.7. The molecule has 2 heterocycles. The highest BCUT2D eigenvalue weighted by Crippen LogP contribution is 2.34. The molecule has 0 saturated heterocycles. The first-order valence-electron chi connectivity index (χ1n) is 10.2. The number of thioether (sulfide) groups is 1. The second-order valence-electron chi connectivity index (χ2n) is 6.67. The van der Waals surface area contributed by atoms with E-state index in [0.29, 0.717) is 28.7 Å². The first-order valence-corrected chi connectivity index (χ1v) is 12.0. The third-order valence-electron chi connectivity index (χ3n) is 4.69. The van der Waals surface area contributed by atoms with Crippen molar-refractivity contribution in [3.05, 3.63) is 46.3 Å². The lowest BCUT2D eigenvalue weighted by molar-refractivity contribution is -0.113. The van der Waals surface area contributed by atoms with Gasteiger partial charge in [-0.3, -0.25) is 4.79 Å². The van der Waals surface area contributed by atoms with Crippen LogP contribution < -0.4 is 5.32 Å². The maximum atomic E-state index is 12.7. The summed E-state index contributed by atoms with van der Waals surface area (Å²) in [6.45, 7) is 8.71. The Labute approximate surface area is 190 Å². The molecule has 0 aliphatic carbocycles. The second-order valence-corrected chi connectivity index (χ2v) is 8.84. The molecule has 1 amide bonds. The number of hydrogen-bond donors (Lipinski definition) is 1. The van der Waals surface area contributed by atoms with Crippen molar-refractivity contribution in [2.75, 3.05) is 17.7 Å². The maximum Gasteiger partial charge on any atom is 0.341 e. The van der Waals surface area contributed by atoms with E-state index >= 15 is 0 Å². The molecule has 7 nitrogen and oxygen atoms in total. The molecule has 3 aromatic rings. The number of nitrogens with zero attached hydrogens (tertiary/aromatic N) is 3. The van der Waals surface area contributed by atoms with E-state index in [4.69, 9.17) is 4.74 Å². The Morgan fingerprint density at radius 1 is 1.16 bits per heavy atom. The second kappa shape index (κ2) is 10.6. The van der Waals surface area contributed by atoms with Crippen LogP contribution in [-0.2, 0) is 22.5 Å². The van der Waals surface area contributed by atoms with Gasteiger partial charge in [-0.05, 0) is 32.8 Å². The van der Waals surface area contributed by atoms with Gasteiger partial charge in [-0.1, -0.05) is 49.0 Å². The number of anilines is 1. The highest BCUT2D eigenvalue weighted by molar-refractivity contribution is 7.99. The minimum atomic E-state index is -0.398. The summed E-state index contributed by atoms with van der Waals surface area (Å²) in [7, 11) is 0. The van der Waals surface area contributed by atoms with Crippen molar-refractivity contribution in [2.45, 2.75) is 45.8 Å². The first-order chi connectivity index (χ1) is 15.0. The smallest absolute Gasteiger partial charge is 0.341 e. The van der Waals surface area contributed by atoms with Crippen molar-refractivity contribution in [1.82, 2.24) is 14.8 Å². The first kappa shape index (κ1) is 23.0. The average molecular weight is 459 g/mol. The highest BCUT2D eigenvalue weighted by Gasteiger charge is 2.24. The fourth-order valence-corrected chi connectivity index (χ4v) is 5.24. The van der Waals surface area contributed by atoms with E-state index in [0.717, 1.165) is 21.8 Å². The fraction of sp³-hybridized carbons (Fsp3) is 0.364. The van der Waals surface area contributed by atoms with E-state index in [1.807, 2.05) is 55.7 Å². The van der Waals surface area contributed by atoms with Crippen molar-refractivity contribution in [3.63, 3.8) is 0 Å². The molecule has 0 atom stereocenters. The number of aromatic nitrogens is 3. The van der Waals surface area contributed by atoms with Gasteiger partial charge in [-0.25, -0.2) is 4.79 Å². The molecule has 0 saturated carbocycles. The lowest BCUT2D eigenvalue weighted by Crippen LogP contribution is -2.17. The normalized spacial score (nSPS) is 10.8. The number of amides is 1. The zero-order chi connectivity index (χ0) is 22.4. The summed E-state index contributed by atoms with van der Waals surface area (Å²) in [4.78, 5) is 26.1. The fourth-order valence-electron chi connectivity index (χ4n) is 3.29. The highest BCUT2D eigenvalue weighted by atomic mass is 32.2. The van der Waals surface area contributed by atoms with Crippen LogP contribution in [0.3, 0.4) is 0 Å². The number of thiophene rings is 1. The van der Waals surface area contributed by atoms with Crippen LogP contribution in [0.1, 0.15) is 41.6 Å². The van der Waals surface area contributed by atoms with E-state index < -0.39 is 5.97 Å². The van der Waals surface area contributed by atoms with Crippen LogP contribution in [0.4, 0.5) is 5.00 Å². The Morgan fingerprint density at radius 2 is 1.90 bits per heavy atom. The van der Waals surface area contributed by atoms with Crippen LogP contribution >= 0.6 is 23.1 Å². The monoisotopic (exact) mass is 458 g/mol. The average Bonchev–Trinajstić information content (AvgIpc) is 3.32. The third kappa shape index (κ3) is 5.16. The van der Waals surface area contributed by atoms with E-state index in [2.05, 4.69) is 15.5 Å². The molecule has 3 rings (SSSR count). The van der Waals surface area contributed by atoms with Gasteiger partial charge in [0.1, 0.15) is 5.00 Å². The molecule has 0 spiro atoms. The van der Waals surface area contributed by atoms with Gasteiger partial charge >= 0.3 is 5.97 Å². The standard InChI is InChI=1S/C22H26N4O3S2/c1-5-16-14(4)31-20(18(16)21(28)29-7-3)23-17(27)13-30-22-25-24-19(26(22)6-2)15-11-9-8-10-12-15/h8-12H,5-7,13H2,1-4H3,(H,23,27). The summed E-state index contributed by atoms with van der Waals surface area (Å²) in [5.41, 5.74) is 2.37. The molecule has 0 aliphatic heterocycles. The minimum Gasteiger partial charge on any atom is -0.462 e. The van der Waals surface area contributed by atoms with Gasteiger partial charge in [0.05, 0.1) is 17.9 Å². The molecule has 0 radical (unpaired) electrons. The summed E-state index contributed by atoms with van der Waals surface area (Å²) in [6.07, 6.45) is 0.697. The van der Waals surface area contributed by atoms with E-state index in [1.165, 1.54) is 23.1 Å². The number of nitrogens with one attached hydrogen (secondary N) is 1. The summed E-state index contributed by atoms with van der Waals surface area (Å²) in [6, 6.07) is 9.84. The number of aryl methyl sites for hydroxylation is 1. The van der Waals surface area contributed by atoms with Crippen LogP contribution in [-0.4, -0.2) is 39.0 Å². The van der Waals surface area contributed by atoms with Crippen LogP contribution in [0.15, 0.2) is 35.5 Å². The Kier molecular flexibility index (Phi) is 7.86. The van der Waals surface area contributed by atoms with E-state index in [9.17, 15) is 9.59 Å². The van der Waals surface area contributed by atoms with Crippen LogP contribution in [0.25, 0.3) is 11.4 Å². The van der Waals surface area contributed by atoms with Crippen molar-refractivity contribution < 1.29 is 14.3 Å². The van der Waals surface area contributed by atoms with Gasteiger partial charge < -0.3 is 14.6 Å². The molecule has 0 bridgehead atoms. The third-order valence-corrected chi connectivity index (χ3v) is 6.72. The number of ether oxygens (including phenoxy) is 1. The quantitative estimate of drug-likeness (QED) is 0.366. The molecule has 9 heteroatoms. The lowest BCUT2D eigenvalue weighted by Gasteiger charge is -2.09. The Hall–Kier alpha value is -2.65. The molecular weight excluding hydrogens is 432 g/mol. The van der Waals surface area contributed by atoms with E-state index in [1.54, 1.807) is 6.92 Å².